The van der Waals surface area contributed by atoms with E-state index in [4.69, 9.17) is 9.47 Å². The summed E-state index contributed by atoms with van der Waals surface area (Å²) in [4.78, 5) is 84.1. The van der Waals surface area contributed by atoms with Crippen LogP contribution in [0.25, 0.3) is 0 Å². The van der Waals surface area contributed by atoms with Gasteiger partial charge in [-0.05, 0) is 57.7 Å². The number of carbonyl (C=O) groups is 6. The fraction of sp³-hybridized carbons (Fsp3) is 0.615. The molecule has 1 aromatic heterocycles. The fourth-order valence-electron chi connectivity index (χ4n) is 5.76. The zero-order chi connectivity index (χ0) is 40.4. The molecule has 4 atom stereocenters. The van der Waals surface area contributed by atoms with Crippen molar-refractivity contribution in [2.45, 2.75) is 112 Å². The van der Waals surface area contributed by atoms with Crippen LogP contribution in [0, 0.1) is 18.8 Å². The second-order valence-corrected chi connectivity index (χ2v) is 15.1. The van der Waals surface area contributed by atoms with Gasteiger partial charge in [-0.25, -0.2) is 4.98 Å². The van der Waals surface area contributed by atoms with Crippen LogP contribution in [0.15, 0.2) is 29.6 Å². The van der Waals surface area contributed by atoms with Crippen LogP contribution in [0.2, 0.25) is 0 Å². The molecule has 1 heterocycles. The molecule has 2 aromatic rings. The largest absolute Gasteiger partial charge is 0.481 e. The number of likely N-dealkylation sites (N-methyl/N-ethyl adjacent to an activating group) is 1. The predicted octanol–water partition coefficient (Wildman–Crippen LogP) is 4.90. The molecule has 0 aliphatic carbocycles. The molecule has 300 valence electrons. The van der Waals surface area contributed by atoms with E-state index in [0.29, 0.717) is 17.8 Å². The molecule has 0 radical (unpaired) electrons. The molecule has 0 bridgehead atoms. The first-order valence-electron chi connectivity index (χ1n) is 18.7. The number of nitrogens with one attached hydrogen (secondary N) is 2. The third-order valence-corrected chi connectivity index (χ3v) is 9.78. The van der Waals surface area contributed by atoms with E-state index in [2.05, 4.69) is 22.5 Å². The van der Waals surface area contributed by atoms with Gasteiger partial charge in [-0.15, -0.1) is 11.3 Å². The van der Waals surface area contributed by atoms with Gasteiger partial charge >= 0.3 is 17.9 Å². The number of aromatic nitrogens is 1. The number of esters is 2. The van der Waals surface area contributed by atoms with Crippen molar-refractivity contribution in [3.05, 3.63) is 51.5 Å². The van der Waals surface area contributed by atoms with Crippen LogP contribution in [-0.4, -0.2) is 101 Å². The SMILES string of the molecule is CCCCN(C)CC(=O)NCC(=O)N(COC(=O)CCC)C(CC(OC(C)=O)c1nc(C(=O)NC(Cc2ccc(C)cc2)C[C@H](C)C(=O)O)cs1)C(C)C. The van der Waals surface area contributed by atoms with Crippen LogP contribution in [0.5, 0.6) is 0 Å². The molecule has 3 amide bonds. The smallest absolute Gasteiger partial charge is 0.307 e. The summed E-state index contributed by atoms with van der Waals surface area (Å²) in [6, 6.07) is 6.65. The van der Waals surface area contributed by atoms with E-state index in [9.17, 15) is 33.9 Å². The molecule has 0 saturated heterocycles. The van der Waals surface area contributed by atoms with Crippen molar-refractivity contribution in [2.75, 3.05) is 33.4 Å². The Morgan fingerprint density at radius 1 is 1.00 bits per heavy atom. The van der Waals surface area contributed by atoms with E-state index in [-0.39, 0.29) is 56.6 Å². The highest BCUT2D eigenvalue weighted by Gasteiger charge is 2.34. The molecule has 0 saturated carbocycles. The van der Waals surface area contributed by atoms with Gasteiger partial charge in [0.25, 0.3) is 5.91 Å². The number of aryl methyl sites for hydroxylation is 1. The number of rotatable bonds is 24. The fourth-order valence-corrected chi connectivity index (χ4v) is 6.60. The summed E-state index contributed by atoms with van der Waals surface area (Å²) in [5.74, 6) is -4.31. The number of carbonyl (C=O) groups excluding carboxylic acids is 5. The van der Waals surface area contributed by atoms with E-state index in [0.717, 1.165) is 41.9 Å². The van der Waals surface area contributed by atoms with Gasteiger partial charge in [0.15, 0.2) is 12.8 Å². The number of ether oxygens (including phenoxy) is 2. The lowest BCUT2D eigenvalue weighted by Crippen LogP contribution is -2.50. The summed E-state index contributed by atoms with van der Waals surface area (Å²) in [6.07, 6.45) is 2.34. The Labute approximate surface area is 323 Å². The zero-order valence-corrected chi connectivity index (χ0v) is 33.8. The first-order valence-corrected chi connectivity index (χ1v) is 19.5. The van der Waals surface area contributed by atoms with Crippen molar-refractivity contribution in [3.8, 4) is 0 Å². The van der Waals surface area contributed by atoms with Gasteiger partial charge in [-0.2, -0.15) is 0 Å². The normalized spacial score (nSPS) is 13.4. The number of hydrogen-bond acceptors (Lipinski definition) is 11. The second-order valence-electron chi connectivity index (χ2n) is 14.2. The highest BCUT2D eigenvalue weighted by atomic mass is 32.1. The Morgan fingerprint density at radius 3 is 2.28 bits per heavy atom. The number of nitrogens with zero attached hydrogens (tertiary/aromatic N) is 3. The Balaban J connectivity index is 2.33. The molecule has 0 aliphatic heterocycles. The third-order valence-electron chi connectivity index (χ3n) is 8.84. The summed E-state index contributed by atoms with van der Waals surface area (Å²) in [5, 5.41) is 17.0. The van der Waals surface area contributed by atoms with Crippen LogP contribution in [0.1, 0.15) is 113 Å². The molecular weight excluding hydrogens is 715 g/mol. The lowest BCUT2D eigenvalue weighted by molar-refractivity contribution is -0.158. The van der Waals surface area contributed by atoms with Crippen molar-refractivity contribution in [3.63, 3.8) is 0 Å². The number of carboxylic acids is 1. The highest BCUT2D eigenvalue weighted by molar-refractivity contribution is 7.09. The average molecular weight is 774 g/mol. The number of thiazole rings is 1. The quantitative estimate of drug-likeness (QED) is 0.0974. The lowest BCUT2D eigenvalue weighted by Gasteiger charge is -2.35. The summed E-state index contributed by atoms with van der Waals surface area (Å²) in [7, 11) is 1.83. The van der Waals surface area contributed by atoms with Crippen molar-refractivity contribution in [2.24, 2.45) is 11.8 Å². The molecule has 3 unspecified atom stereocenters. The molecule has 14 nitrogen and oxygen atoms in total. The van der Waals surface area contributed by atoms with E-state index in [1.807, 2.05) is 63.9 Å². The monoisotopic (exact) mass is 773 g/mol. The maximum absolute atomic E-state index is 13.7. The van der Waals surface area contributed by atoms with Gasteiger partial charge in [0.1, 0.15) is 10.7 Å². The van der Waals surface area contributed by atoms with Gasteiger partial charge < -0.3 is 30.1 Å². The first-order chi connectivity index (χ1) is 25.5. The van der Waals surface area contributed by atoms with Crippen molar-refractivity contribution >= 4 is 47.0 Å². The molecule has 0 aliphatic rings. The standard InChI is InChI=1S/C39H59N5O9S/c1-9-11-17-43(8)22-34(46)40-21-35(47)44(24-52-36(48)12-10-2)32(25(3)4)20-33(53-28(7)45)38-42-31(23-54-38)37(49)41-30(18-27(6)39(50)51)19-29-15-13-26(5)14-16-29/h13-16,23,25,27,30,32-33H,9-12,17-22,24H2,1-8H3,(H,40,46)(H,41,49)(H,50,51)/t27-,30?,32?,33?/m0/s1. The molecule has 0 spiro atoms. The molecule has 0 fully saturated rings. The van der Waals surface area contributed by atoms with Crippen molar-refractivity contribution < 1.29 is 43.3 Å². The van der Waals surface area contributed by atoms with E-state index in [1.165, 1.54) is 17.2 Å². The van der Waals surface area contributed by atoms with Gasteiger partial charge in [0.05, 0.1) is 19.0 Å². The van der Waals surface area contributed by atoms with Gasteiger partial charge in [-0.3, -0.25) is 33.7 Å². The molecule has 2 rings (SSSR count). The molecule has 54 heavy (non-hydrogen) atoms. The number of benzene rings is 1. The predicted molar refractivity (Wildman–Crippen MR) is 206 cm³/mol. The van der Waals surface area contributed by atoms with E-state index < -0.39 is 53.8 Å². The topological polar surface area (TPSA) is 185 Å². The number of hydrogen-bond donors (Lipinski definition) is 3. The van der Waals surface area contributed by atoms with Crippen LogP contribution in [0.4, 0.5) is 0 Å². The average Bonchev–Trinajstić information content (AvgIpc) is 3.60. The summed E-state index contributed by atoms with van der Waals surface area (Å²) in [6.45, 7) is 12.6. The Hall–Kier alpha value is -4.37. The second kappa shape index (κ2) is 23.4. The summed E-state index contributed by atoms with van der Waals surface area (Å²) < 4.78 is 11.2. The minimum absolute atomic E-state index is 0.0583. The van der Waals surface area contributed by atoms with Crippen LogP contribution < -0.4 is 10.6 Å². The number of amides is 3. The first kappa shape index (κ1) is 45.8. The lowest BCUT2D eigenvalue weighted by atomic mass is 9.95. The summed E-state index contributed by atoms with van der Waals surface area (Å²) in [5.41, 5.74) is 2.09. The van der Waals surface area contributed by atoms with Crippen LogP contribution in [-0.2, 0) is 39.9 Å². The maximum Gasteiger partial charge on any atom is 0.307 e. The van der Waals surface area contributed by atoms with E-state index >= 15 is 0 Å². The van der Waals surface area contributed by atoms with Crippen molar-refractivity contribution in [1.29, 1.82) is 0 Å². The molecule has 15 heteroatoms. The Bertz CT molecular complexity index is 1530. The van der Waals surface area contributed by atoms with Gasteiger partial charge in [0.2, 0.25) is 11.8 Å². The minimum Gasteiger partial charge on any atom is -0.481 e. The number of aliphatic carboxylic acids is 1. The highest BCUT2D eigenvalue weighted by Crippen LogP contribution is 2.31. The summed E-state index contributed by atoms with van der Waals surface area (Å²) >= 11 is 1.11. The van der Waals surface area contributed by atoms with E-state index in [1.54, 1.807) is 6.92 Å². The minimum atomic E-state index is -0.972. The number of unbranched alkanes of at least 4 members (excludes halogenated alkanes) is 1. The molecule has 1 aromatic carbocycles. The Kier molecular flexibility index (Phi) is 19.9. The number of carboxylic acid groups (broad SMARTS) is 1. The molecular formula is C39H59N5O9S. The zero-order valence-electron chi connectivity index (χ0n) is 33.0. The third kappa shape index (κ3) is 16.3. The van der Waals surface area contributed by atoms with Crippen LogP contribution in [0.3, 0.4) is 0 Å². The maximum atomic E-state index is 13.7. The Morgan fingerprint density at radius 2 is 1.69 bits per heavy atom. The van der Waals surface area contributed by atoms with Gasteiger partial charge in [0, 0.05) is 37.2 Å². The van der Waals surface area contributed by atoms with Crippen molar-refractivity contribution in [1.82, 2.24) is 25.4 Å². The molecule has 3 N–H and O–H groups in total. The van der Waals surface area contributed by atoms with Gasteiger partial charge in [-0.1, -0.05) is 70.9 Å². The van der Waals surface area contributed by atoms with Crippen LogP contribution >= 0.6 is 11.3 Å².